The Labute approximate surface area is 162 Å². The fourth-order valence-electron chi connectivity index (χ4n) is 2.84. The molecular formula is C20H23N3O5. The first kappa shape index (κ1) is 20.9. The Morgan fingerprint density at radius 2 is 1.50 bits per heavy atom. The van der Waals surface area contributed by atoms with E-state index in [1.54, 1.807) is 38.1 Å². The van der Waals surface area contributed by atoms with E-state index in [0.717, 1.165) is 0 Å². The van der Waals surface area contributed by atoms with Gasteiger partial charge in [0, 0.05) is 29.6 Å². The highest BCUT2D eigenvalue weighted by Crippen LogP contribution is 2.20. The number of Topliss-reactive ketones (excluding diaryl/α,β-unsaturated/α-hetero) is 1. The summed E-state index contributed by atoms with van der Waals surface area (Å²) in [6, 6.07) is 6.52. The molecule has 0 aliphatic carbocycles. The fraction of sp³-hybridized carbons (Fsp3) is 0.300. The van der Waals surface area contributed by atoms with E-state index in [9.17, 15) is 19.2 Å². The predicted octanol–water partition coefficient (Wildman–Crippen LogP) is 2.98. The summed E-state index contributed by atoms with van der Waals surface area (Å²) < 4.78 is 5.23. The Bertz CT molecular complexity index is 928. The molecule has 0 saturated carbocycles. The van der Waals surface area contributed by atoms with Gasteiger partial charge in [-0.15, -0.1) is 0 Å². The van der Waals surface area contributed by atoms with E-state index in [2.05, 4.69) is 15.6 Å². The molecule has 2 aromatic rings. The summed E-state index contributed by atoms with van der Waals surface area (Å²) in [5, 5.41) is 5.26. The van der Waals surface area contributed by atoms with Crippen LogP contribution in [0.25, 0.3) is 0 Å². The molecule has 148 valence electrons. The molecule has 0 unspecified atom stereocenters. The van der Waals surface area contributed by atoms with Gasteiger partial charge < -0.3 is 20.4 Å². The standard InChI is InChI=1S/C20H23N3O5/c1-10-17(12(3)24)11(2)21-18(10)20(27)28-13(4)19(26)23-16-8-6-15(7-9-16)22-14(5)25/h6-9,13,21H,1-5H3,(H,22,25)(H,23,26)/t13-/m0/s1. The monoisotopic (exact) mass is 385 g/mol. The number of rotatable bonds is 6. The number of nitrogens with one attached hydrogen (secondary N) is 3. The molecule has 0 aliphatic rings. The van der Waals surface area contributed by atoms with Crippen LogP contribution >= 0.6 is 0 Å². The van der Waals surface area contributed by atoms with Gasteiger partial charge in [-0.05, 0) is 57.5 Å². The van der Waals surface area contributed by atoms with Gasteiger partial charge >= 0.3 is 5.97 Å². The van der Waals surface area contributed by atoms with Crippen LogP contribution in [0.3, 0.4) is 0 Å². The summed E-state index contributed by atoms with van der Waals surface area (Å²) >= 11 is 0. The van der Waals surface area contributed by atoms with Gasteiger partial charge in [-0.2, -0.15) is 0 Å². The van der Waals surface area contributed by atoms with Gasteiger partial charge in [0.05, 0.1) is 0 Å². The Morgan fingerprint density at radius 1 is 0.964 bits per heavy atom. The van der Waals surface area contributed by atoms with Gasteiger partial charge in [0.15, 0.2) is 11.9 Å². The lowest BCUT2D eigenvalue weighted by molar-refractivity contribution is -0.123. The van der Waals surface area contributed by atoms with Crippen molar-refractivity contribution in [3.05, 3.63) is 46.8 Å². The second-order valence-corrected chi connectivity index (χ2v) is 6.48. The van der Waals surface area contributed by atoms with Crippen LogP contribution in [0.15, 0.2) is 24.3 Å². The third kappa shape index (κ3) is 4.85. The number of hydrogen-bond acceptors (Lipinski definition) is 5. The molecule has 0 saturated heterocycles. The molecule has 0 spiro atoms. The number of aryl methyl sites for hydroxylation is 1. The number of H-pyrrole nitrogens is 1. The topological polar surface area (TPSA) is 117 Å². The predicted molar refractivity (Wildman–Crippen MR) is 105 cm³/mol. The Balaban J connectivity index is 2.02. The van der Waals surface area contributed by atoms with Crippen molar-refractivity contribution < 1.29 is 23.9 Å². The first-order valence-electron chi connectivity index (χ1n) is 8.69. The van der Waals surface area contributed by atoms with Gasteiger partial charge in [-0.1, -0.05) is 0 Å². The van der Waals surface area contributed by atoms with Crippen molar-refractivity contribution >= 4 is 34.9 Å². The van der Waals surface area contributed by atoms with E-state index in [-0.39, 0.29) is 17.4 Å². The molecule has 8 heteroatoms. The zero-order chi connectivity index (χ0) is 21.0. The van der Waals surface area contributed by atoms with E-state index in [4.69, 9.17) is 4.74 Å². The van der Waals surface area contributed by atoms with Crippen LogP contribution in [0.1, 0.15) is 52.9 Å². The molecule has 28 heavy (non-hydrogen) atoms. The molecule has 2 rings (SSSR count). The number of carbonyl (C=O) groups excluding carboxylic acids is 4. The molecule has 0 aliphatic heterocycles. The Hall–Kier alpha value is -3.42. The zero-order valence-corrected chi connectivity index (χ0v) is 16.4. The van der Waals surface area contributed by atoms with Crippen molar-refractivity contribution in [2.24, 2.45) is 0 Å². The molecule has 3 N–H and O–H groups in total. The number of anilines is 2. The summed E-state index contributed by atoms with van der Waals surface area (Å²) in [6.45, 7) is 7.62. The number of ether oxygens (including phenoxy) is 1. The van der Waals surface area contributed by atoms with E-state index in [1.807, 2.05) is 0 Å². The largest absolute Gasteiger partial charge is 0.448 e. The van der Waals surface area contributed by atoms with E-state index in [1.165, 1.54) is 20.8 Å². The summed E-state index contributed by atoms with van der Waals surface area (Å²) in [5.74, 6) is -1.57. The lowest BCUT2D eigenvalue weighted by Crippen LogP contribution is -2.30. The summed E-state index contributed by atoms with van der Waals surface area (Å²) in [4.78, 5) is 50.2. The van der Waals surface area contributed by atoms with Gasteiger partial charge in [0.1, 0.15) is 5.69 Å². The third-order valence-corrected chi connectivity index (χ3v) is 4.12. The van der Waals surface area contributed by atoms with Crippen LogP contribution in [-0.4, -0.2) is 34.7 Å². The van der Waals surface area contributed by atoms with Crippen LogP contribution in [0.4, 0.5) is 11.4 Å². The second kappa shape index (κ2) is 8.51. The lowest BCUT2D eigenvalue weighted by atomic mass is 10.1. The minimum absolute atomic E-state index is 0.154. The maximum absolute atomic E-state index is 12.4. The maximum atomic E-state index is 12.4. The highest BCUT2D eigenvalue weighted by Gasteiger charge is 2.24. The molecular weight excluding hydrogens is 362 g/mol. The fourth-order valence-corrected chi connectivity index (χ4v) is 2.84. The minimum Gasteiger partial charge on any atom is -0.448 e. The van der Waals surface area contributed by atoms with Crippen LogP contribution in [0.5, 0.6) is 0 Å². The van der Waals surface area contributed by atoms with Gasteiger partial charge in [-0.3, -0.25) is 14.4 Å². The molecule has 0 fully saturated rings. The number of aromatic nitrogens is 1. The molecule has 1 aromatic heterocycles. The lowest BCUT2D eigenvalue weighted by Gasteiger charge is -2.14. The van der Waals surface area contributed by atoms with Crippen LogP contribution < -0.4 is 10.6 Å². The number of carbonyl (C=O) groups is 4. The van der Waals surface area contributed by atoms with Gasteiger partial charge in [0.25, 0.3) is 5.91 Å². The second-order valence-electron chi connectivity index (χ2n) is 6.48. The number of esters is 1. The summed E-state index contributed by atoms with van der Waals surface area (Å²) in [7, 11) is 0. The molecule has 0 radical (unpaired) electrons. The van der Waals surface area contributed by atoms with Crippen molar-refractivity contribution in [1.82, 2.24) is 4.98 Å². The first-order chi connectivity index (χ1) is 13.1. The van der Waals surface area contributed by atoms with Crippen molar-refractivity contribution in [2.45, 2.75) is 40.7 Å². The number of ketones is 1. The van der Waals surface area contributed by atoms with E-state index >= 15 is 0 Å². The normalized spacial score (nSPS) is 11.5. The average molecular weight is 385 g/mol. The van der Waals surface area contributed by atoms with Crippen LogP contribution in [0.2, 0.25) is 0 Å². The first-order valence-corrected chi connectivity index (χ1v) is 8.69. The Kier molecular flexibility index (Phi) is 6.35. The quantitative estimate of drug-likeness (QED) is 0.522. The zero-order valence-electron chi connectivity index (χ0n) is 16.4. The SMILES string of the molecule is CC(=O)Nc1ccc(NC(=O)[C@H](C)OC(=O)c2[nH]c(C)c(C(C)=O)c2C)cc1. The highest BCUT2D eigenvalue weighted by molar-refractivity contribution is 6.02. The Morgan fingerprint density at radius 3 is 1.96 bits per heavy atom. The number of hydrogen-bond donors (Lipinski definition) is 3. The molecule has 2 amide bonds. The summed E-state index contributed by atoms with van der Waals surface area (Å²) in [6.07, 6.45) is -1.05. The van der Waals surface area contributed by atoms with Gasteiger partial charge in [-0.25, -0.2) is 4.79 Å². The number of aromatic amines is 1. The highest BCUT2D eigenvalue weighted by atomic mass is 16.5. The van der Waals surface area contributed by atoms with E-state index in [0.29, 0.717) is 28.2 Å². The van der Waals surface area contributed by atoms with Crippen molar-refractivity contribution in [3.63, 3.8) is 0 Å². The molecule has 1 atom stereocenters. The average Bonchev–Trinajstić information content (AvgIpc) is 2.90. The smallest absolute Gasteiger partial charge is 0.355 e. The molecule has 1 aromatic carbocycles. The third-order valence-electron chi connectivity index (χ3n) is 4.12. The number of amides is 2. The minimum atomic E-state index is -1.05. The van der Waals surface area contributed by atoms with Crippen LogP contribution in [-0.2, 0) is 14.3 Å². The maximum Gasteiger partial charge on any atom is 0.355 e. The summed E-state index contributed by atoms with van der Waals surface area (Å²) in [5.41, 5.74) is 2.77. The van der Waals surface area contributed by atoms with Gasteiger partial charge in [0.2, 0.25) is 5.91 Å². The van der Waals surface area contributed by atoms with Crippen molar-refractivity contribution in [2.75, 3.05) is 10.6 Å². The van der Waals surface area contributed by atoms with Crippen molar-refractivity contribution in [3.8, 4) is 0 Å². The van der Waals surface area contributed by atoms with Crippen LogP contribution in [0, 0.1) is 13.8 Å². The number of benzene rings is 1. The molecule has 0 bridgehead atoms. The van der Waals surface area contributed by atoms with Crippen molar-refractivity contribution in [1.29, 1.82) is 0 Å². The van der Waals surface area contributed by atoms with E-state index < -0.39 is 18.0 Å². The molecule has 8 nitrogen and oxygen atoms in total. The molecule has 1 heterocycles.